The number of fused-ring (bicyclic) bond motifs is 1. The molecule has 1 unspecified atom stereocenters. The molecule has 5 heteroatoms. The lowest BCUT2D eigenvalue weighted by molar-refractivity contribution is -0.140. The van der Waals surface area contributed by atoms with Crippen LogP contribution in [0.25, 0.3) is 0 Å². The number of hydrogen-bond acceptors (Lipinski definition) is 3. The lowest BCUT2D eigenvalue weighted by atomic mass is 9.69. The molecule has 1 aliphatic heterocycles. The summed E-state index contributed by atoms with van der Waals surface area (Å²) in [6.45, 7) is 3.05. The molecule has 1 aromatic carbocycles. The first kappa shape index (κ1) is 17.5. The number of benzene rings is 1. The predicted molar refractivity (Wildman–Crippen MR) is 95.8 cm³/mol. The van der Waals surface area contributed by atoms with E-state index in [9.17, 15) is 9.59 Å². The van der Waals surface area contributed by atoms with Crippen molar-refractivity contribution in [1.82, 2.24) is 10.2 Å². The summed E-state index contributed by atoms with van der Waals surface area (Å²) in [7, 11) is 1.63. The number of carbonyl (C=O) groups is 2. The zero-order valence-corrected chi connectivity index (χ0v) is 15.0. The molecule has 3 rings (SSSR count). The van der Waals surface area contributed by atoms with E-state index in [0.717, 1.165) is 36.3 Å². The van der Waals surface area contributed by atoms with Gasteiger partial charge in [-0.3, -0.25) is 9.59 Å². The second-order valence-corrected chi connectivity index (χ2v) is 6.74. The van der Waals surface area contributed by atoms with E-state index < -0.39 is 5.41 Å². The van der Waals surface area contributed by atoms with Gasteiger partial charge in [0.05, 0.1) is 12.5 Å². The SMILES string of the molecule is CCN1C(=O)CCC2(C(=O)NCc3cccc(OC)c3)CCCC=C12. The van der Waals surface area contributed by atoms with E-state index in [-0.39, 0.29) is 11.8 Å². The van der Waals surface area contributed by atoms with Gasteiger partial charge in [-0.05, 0) is 50.3 Å². The summed E-state index contributed by atoms with van der Waals surface area (Å²) in [5, 5.41) is 3.10. The third-order valence-corrected chi connectivity index (χ3v) is 5.33. The van der Waals surface area contributed by atoms with Crippen molar-refractivity contribution in [3.05, 3.63) is 41.6 Å². The van der Waals surface area contributed by atoms with Gasteiger partial charge in [0, 0.05) is 25.2 Å². The van der Waals surface area contributed by atoms with E-state index in [1.165, 1.54) is 0 Å². The van der Waals surface area contributed by atoms with Crippen LogP contribution in [0.2, 0.25) is 0 Å². The normalized spacial score (nSPS) is 22.9. The van der Waals surface area contributed by atoms with Gasteiger partial charge >= 0.3 is 0 Å². The number of piperidine rings is 1. The Labute approximate surface area is 149 Å². The van der Waals surface area contributed by atoms with E-state index in [4.69, 9.17) is 4.74 Å². The third-order valence-electron chi connectivity index (χ3n) is 5.33. The van der Waals surface area contributed by atoms with Gasteiger partial charge in [-0.25, -0.2) is 0 Å². The molecular weight excluding hydrogens is 316 g/mol. The molecule has 0 spiro atoms. The van der Waals surface area contributed by atoms with Crippen LogP contribution in [0.3, 0.4) is 0 Å². The highest BCUT2D eigenvalue weighted by atomic mass is 16.5. The van der Waals surface area contributed by atoms with E-state index in [1.807, 2.05) is 31.2 Å². The molecule has 1 atom stereocenters. The molecule has 0 bridgehead atoms. The first-order valence-corrected chi connectivity index (χ1v) is 9.03. The summed E-state index contributed by atoms with van der Waals surface area (Å²) in [5.41, 5.74) is 1.37. The molecule has 1 aliphatic carbocycles. The number of nitrogens with one attached hydrogen (secondary N) is 1. The smallest absolute Gasteiger partial charge is 0.232 e. The van der Waals surface area contributed by atoms with Crippen LogP contribution < -0.4 is 10.1 Å². The van der Waals surface area contributed by atoms with Crippen molar-refractivity contribution in [2.24, 2.45) is 5.41 Å². The summed E-state index contributed by atoms with van der Waals surface area (Å²) in [6, 6.07) is 7.71. The van der Waals surface area contributed by atoms with Gasteiger partial charge in [-0.1, -0.05) is 18.2 Å². The molecule has 0 radical (unpaired) electrons. The molecule has 134 valence electrons. The molecule has 2 amide bonds. The molecule has 25 heavy (non-hydrogen) atoms. The van der Waals surface area contributed by atoms with E-state index in [2.05, 4.69) is 11.4 Å². The second kappa shape index (κ2) is 7.30. The minimum Gasteiger partial charge on any atom is -0.497 e. The Balaban J connectivity index is 1.78. The lowest BCUT2D eigenvalue weighted by Gasteiger charge is -2.45. The highest BCUT2D eigenvalue weighted by molar-refractivity contribution is 5.91. The minimum absolute atomic E-state index is 0.0345. The largest absolute Gasteiger partial charge is 0.497 e. The fourth-order valence-electron chi connectivity index (χ4n) is 4.00. The van der Waals surface area contributed by atoms with Gasteiger partial charge in [-0.2, -0.15) is 0 Å². The fourth-order valence-corrected chi connectivity index (χ4v) is 4.00. The maximum Gasteiger partial charge on any atom is 0.232 e. The molecule has 5 nitrogen and oxygen atoms in total. The summed E-state index contributed by atoms with van der Waals surface area (Å²) in [5.74, 6) is 0.947. The highest BCUT2D eigenvalue weighted by Crippen LogP contribution is 2.46. The van der Waals surface area contributed by atoms with Gasteiger partial charge in [-0.15, -0.1) is 0 Å². The van der Waals surface area contributed by atoms with Crippen LogP contribution in [0, 0.1) is 5.41 Å². The molecular formula is C20H26N2O3. The second-order valence-electron chi connectivity index (χ2n) is 6.74. The van der Waals surface area contributed by atoms with Crippen molar-refractivity contribution in [2.45, 2.75) is 45.6 Å². The third kappa shape index (κ3) is 3.28. The Hall–Kier alpha value is -2.30. The lowest BCUT2D eigenvalue weighted by Crippen LogP contribution is -2.52. The van der Waals surface area contributed by atoms with E-state index >= 15 is 0 Å². The molecule has 1 aromatic rings. The van der Waals surface area contributed by atoms with Crippen LogP contribution in [0.4, 0.5) is 0 Å². The van der Waals surface area contributed by atoms with Crippen molar-refractivity contribution in [2.75, 3.05) is 13.7 Å². The van der Waals surface area contributed by atoms with Crippen LogP contribution in [-0.4, -0.2) is 30.4 Å². The Kier molecular flexibility index (Phi) is 5.11. The Morgan fingerprint density at radius 2 is 2.20 bits per heavy atom. The number of amides is 2. The van der Waals surface area contributed by atoms with Crippen molar-refractivity contribution in [3.8, 4) is 5.75 Å². The summed E-state index contributed by atoms with van der Waals surface area (Å²) < 4.78 is 5.24. The average molecular weight is 342 g/mol. The van der Waals surface area contributed by atoms with Crippen LogP contribution >= 0.6 is 0 Å². The molecule has 0 aromatic heterocycles. The summed E-state index contributed by atoms with van der Waals surface area (Å²) >= 11 is 0. The van der Waals surface area contributed by atoms with Crippen molar-refractivity contribution in [3.63, 3.8) is 0 Å². The van der Waals surface area contributed by atoms with Crippen LogP contribution in [-0.2, 0) is 16.1 Å². The molecule has 1 saturated heterocycles. The molecule has 1 fully saturated rings. The Bertz CT molecular complexity index is 698. The van der Waals surface area contributed by atoms with E-state index in [0.29, 0.717) is 25.9 Å². The number of rotatable bonds is 5. The monoisotopic (exact) mass is 342 g/mol. The summed E-state index contributed by atoms with van der Waals surface area (Å²) in [6.07, 6.45) is 5.88. The molecule has 1 heterocycles. The van der Waals surface area contributed by atoms with Crippen LogP contribution in [0.15, 0.2) is 36.0 Å². The van der Waals surface area contributed by atoms with Gasteiger partial charge in [0.15, 0.2) is 0 Å². The minimum atomic E-state index is -0.555. The van der Waals surface area contributed by atoms with Gasteiger partial charge in [0.1, 0.15) is 5.75 Å². The molecule has 2 aliphatic rings. The quantitative estimate of drug-likeness (QED) is 0.895. The summed E-state index contributed by atoms with van der Waals surface area (Å²) in [4.78, 5) is 27.2. The number of allylic oxidation sites excluding steroid dienone is 1. The van der Waals surface area contributed by atoms with Crippen molar-refractivity contribution in [1.29, 1.82) is 0 Å². The average Bonchev–Trinajstić information content (AvgIpc) is 2.66. The number of ether oxygens (including phenoxy) is 1. The van der Waals surface area contributed by atoms with Gasteiger partial charge < -0.3 is 15.0 Å². The first-order chi connectivity index (χ1) is 12.1. The number of nitrogens with zero attached hydrogens (tertiary/aromatic N) is 1. The number of carbonyl (C=O) groups excluding carboxylic acids is 2. The highest BCUT2D eigenvalue weighted by Gasteiger charge is 2.48. The first-order valence-electron chi connectivity index (χ1n) is 9.03. The Morgan fingerprint density at radius 3 is 2.96 bits per heavy atom. The zero-order valence-electron chi connectivity index (χ0n) is 15.0. The molecule has 1 N–H and O–H groups in total. The fraction of sp³-hybridized carbons (Fsp3) is 0.500. The van der Waals surface area contributed by atoms with Crippen molar-refractivity contribution >= 4 is 11.8 Å². The number of methoxy groups -OCH3 is 1. The maximum absolute atomic E-state index is 13.1. The number of likely N-dealkylation sites (tertiary alicyclic amines) is 1. The van der Waals surface area contributed by atoms with Gasteiger partial charge in [0.2, 0.25) is 11.8 Å². The topological polar surface area (TPSA) is 58.6 Å². The Morgan fingerprint density at radius 1 is 1.36 bits per heavy atom. The van der Waals surface area contributed by atoms with Crippen molar-refractivity contribution < 1.29 is 14.3 Å². The zero-order chi connectivity index (χ0) is 17.9. The van der Waals surface area contributed by atoms with Gasteiger partial charge in [0.25, 0.3) is 0 Å². The standard InChI is InChI=1S/C20H26N2O3/c1-3-22-17-9-4-5-11-20(17,12-10-18(22)23)19(24)21-14-15-7-6-8-16(13-15)25-2/h6-9,13H,3-5,10-12,14H2,1-2H3,(H,21,24). The maximum atomic E-state index is 13.1. The predicted octanol–water partition coefficient (Wildman–Crippen LogP) is 3.01. The van der Waals surface area contributed by atoms with Crippen LogP contribution in [0.1, 0.15) is 44.6 Å². The number of hydrogen-bond donors (Lipinski definition) is 1. The molecule has 0 saturated carbocycles. The van der Waals surface area contributed by atoms with E-state index in [1.54, 1.807) is 12.0 Å². The van der Waals surface area contributed by atoms with Crippen LogP contribution in [0.5, 0.6) is 5.75 Å².